The zero-order valence-corrected chi connectivity index (χ0v) is 17.8. The van der Waals surface area contributed by atoms with E-state index in [0.717, 1.165) is 68.6 Å². The van der Waals surface area contributed by atoms with Gasteiger partial charge < -0.3 is 5.32 Å². The molecule has 0 spiro atoms. The predicted molar refractivity (Wildman–Crippen MR) is 114 cm³/mol. The van der Waals surface area contributed by atoms with E-state index in [4.69, 9.17) is 0 Å². The maximum atomic E-state index is 12.4. The Morgan fingerprint density at radius 3 is 2.93 bits per heavy atom. The molecule has 3 heterocycles. The summed E-state index contributed by atoms with van der Waals surface area (Å²) in [7, 11) is 0. The highest BCUT2D eigenvalue weighted by molar-refractivity contribution is 7.11. The SMILES string of the molecule is Cc1ncsc1C(=O)NCC1CCCCN1CCn1nc2c(cc1=O)CCCC2. The van der Waals surface area contributed by atoms with Gasteiger partial charge >= 0.3 is 0 Å². The number of aryl methyl sites for hydroxylation is 3. The lowest BCUT2D eigenvalue weighted by Crippen LogP contribution is -2.48. The van der Waals surface area contributed by atoms with Crippen LogP contribution in [0.4, 0.5) is 0 Å². The molecule has 1 atom stereocenters. The highest BCUT2D eigenvalue weighted by Gasteiger charge is 2.24. The van der Waals surface area contributed by atoms with E-state index in [0.29, 0.717) is 24.0 Å². The molecule has 0 saturated carbocycles. The first-order valence-electron chi connectivity index (χ1n) is 10.6. The standard InChI is InChI=1S/C21H29N5O2S/c1-15-20(29-14-23-15)21(28)22-13-17-7-4-5-9-25(17)10-11-26-19(27)12-16-6-2-3-8-18(16)24-26/h12,14,17H,2-11,13H2,1H3,(H,22,28). The molecule has 2 aliphatic rings. The van der Waals surface area contributed by atoms with Gasteiger partial charge in [-0.1, -0.05) is 6.42 Å². The Labute approximate surface area is 175 Å². The Balaban J connectivity index is 1.36. The summed E-state index contributed by atoms with van der Waals surface area (Å²) in [6, 6.07) is 2.08. The number of hydrogen-bond donors (Lipinski definition) is 1. The second-order valence-corrected chi connectivity index (χ2v) is 8.90. The summed E-state index contributed by atoms with van der Waals surface area (Å²) < 4.78 is 1.63. The number of fused-ring (bicyclic) bond motifs is 1. The molecule has 1 amide bonds. The highest BCUT2D eigenvalue weighted by atomic mass is 32.1. The van der Waals surface area contributed by atoms with Crippen molar-refractivity contribution >= 4 is 17.2 Å². The van der Waals surface area contributed by atoms with Crippen molar-refractivity contribution in [3.8, 4) is 0 Å². The van der Waals surface area contributed by atoms with Crippen LogP contribution in [0, 0.1) is 6.92 Å². The van der Waals surface area contributed by atoms with Crippen molar-refractivity contribution in [2.45, 2.75) is 64.5 Å². The Morgan fingerprint density at radius 1 is 1.24 bits per heavy atom. The number of amides is 1. The number of likely N-dealkylation sites (tertiary alicyclic amines) is 1. The van der Waals surface area contributed by atoms with Crippen LogP contribution in [0.2, 0.25) is 0 Å². The number of thiazole rings is 1. The molecule has 1 aliphatic heterocycles. The van der Waals surface area contributed by atoms with Crippen molar-refractivity contribution in [1.82, 2.24) is 25.0 Å². The summed E-state index contributed by atoms with van der Waals surface area (Å²) in [4.78, 5) is 32.1. The number of nitrogens with zero attached hydrogens (tertiary/aromatic N) is 4. The molecule has 4 rings (SSSR count). The molecule has 2 aromatic rings. The van der Waals surface area contributed by atoms with E-state index in [2.05, 4.69) is 20.3 Å². The van der Waals surface area contributed by atoms with E-state index < -0.39 is 0 Å². The van der Waals surface area contributed by atoms with Gasteiger partial charge in [0.15, 0.2) is 0 Å². The molecule has 0 bridgehead atoms. The van der Waals surface area contributed by atoms with Crippen molar-refractivity contribution in [2.75, 3.05) is 19.6 Å². The summed E-state index contributed by atoms with van der Waals surface area (Å²) in [5, 5.41) is 7.72. The van der Waals surface area contributed by atoms with Crippen molar-refractivity contribution in [1.29, 1.82) is 0 Å². The number of nitrogens with one attached hydrogen (secondary N) is 1. The molecule has 0 radical (unpaired) electrons. The molecule has 1 N–H and O–H groups in total. The van der Waals surface area contributed by atoms with E-state index in [1.165, 1.54) is 17.8 Å². The summed E-state index contributed by atoms with van der Waals surface area (Å²) in [5.74, 6) is -0.0388. The number of piperidine rings is 1. The van der Waals surface area contributed by atoms with Crippen LogP contribution in [-0.4, -0.2) is 51.2 Å². The van der Waals surface area contributed by atoms with Crippen LogP contribution in [0.1, 0.15) is 58.7 Å². The molecule has 7 nitrogen and oxygen atoms in total. The van der Waals surface area contributed by atoms with Gasteiger partial charge in [0.2, 0.25) is 0 Å². The van der Waals surface area contributed by atoms with Crippen LogP contribution >= 0.6 is 11.3 Å². The average molecular weight is 416 g/mol. The summed E-state index contributed by atoms with van der Waals surface area (Å²) >= 11 is 1.38. The first kappa shape index (κ1) is 20.2. The molecule has 1 unspecified atom stereocenters. The number of carbonyl (C=O) groups is 1. The first-order chi connectivity index (χ1) is 14.1. The van der Waals surface area contributed by atoms with Gasteiger partial charge in [-0.25, -0.2) is 9.67 Å². The minimum Gasteiger partial charge on any atom is -0.350 e. The normalized spacial score (nSPS) is 19.7. The quantitative estimate of drug-likeness (QED) is 0.782. The monoisotopic (exact) mass is 415 g/mol. The van der Waals surface area contributed by atoms with Crippen molar-refractivity contribution < 1.29 is 4.79 Å². The first-order valence-corrected chi connectivity index (χ1v) is 11.5. The fourth-order valence-electron chi connectivity index (χ4n) is 4.38. The molecule has 2 aromatic heterocycles. The predicted octanol–water partition coefficient (Wildman–Crippen LogP) is 2.17. The lowest BCUT2D eigenvalue weighted by atomic mass is 9.97. The van der Waals surface area contributed by atoms with Crippen molar-refractivity contribution in [3.63, 3.8) is 0 Å². The molecule has 29 heavy (non-hydrogen) atoms. The molecular formula is C21H29N5O2S. The molecule has 1 fully saturated rings. The Kier molecular flexibility index (Phi) is 6.40. The molecule has 0 aromatic carbocycles. The molecular weight excluding hydrogens is 386 g/mol. The smallest absolute Gasteiger partial charge is 0.267 e. The second kappa shape index (κ2) is 9.17. The minimum absolute atomic E-state index is 0.00758. The van der Waals surface area contributed by atoms with E-state index in [1.54, 1.807) is 16.3 Å². The summed E-state index contributed by atoms with van der Waals surface area (Å²) in [5.41, 5.74) is 4.73. The van der Waals surface area contributed by atoms with Crippen LogP contribution in [0.5, 0.6) is 0 Å². The number of hydrogen-bond acceptors (Lipinski definition) is 6. The second-order valence-electron chi connectivity index (χ2n) is 8.05. The van der Waals surface area contributed by atoms with Gasteiger partial charge in [-0.3, -0.25) is 14.5 Å². The van der Waals surface area contributed by atoms with Gasteiger partial charge in [0.05, 0.1) is 23.4 Å². The number of carbonyl (C=O) groups excluding carboxylic acids is 1. The van der Waals surface area contributed by atoms with Crippen molar-refractivity contribution in [3.05, 3.63) is 43.8 Å². The van der Waals surface area contributed by atoms with Crippen LogP contribution in [0.15, 0.2) is 16.4 Å². The largest absolute Gasteiger partial charge is 0.350 e. The fraction of sp³-hybridized carbons (Fsp3) is 0.619. The third kappa shape index (κ3) is 4.75. The van der Waals surface area contributed by atoms with Crippen LogP contribution in [0.3, 0.4) is 0 Å². The topological polar surface area (TPSA) is 80.1 Å². The van der Waals surface area contributed by atoms with Crippen LogP contribution in [-0.2, 0) is 19.4 Å². The van der Waals surface area contributed by atoms with Crippen LogP contribution in [0.25, 0.3) is 0 Å². The zero-order chi connectivity index (χ0) is 20.2. The summed E-state index contributed by atoms with van der Waals surface area (Å²) in [6.07, 6.45) is 7.66. The van der Waals surface area contributed by atoms with Gasteiger partial charge in [0.1, 0.15) is 4.88 Å². The Hall–Kier alpha value is -2.06. The van der Waals surface area contributed by atoms with Gasteiger partial charge in [0, 0.05) is 25.2 Å². The molecule has 156 valence electrons. The van der Waals surface area contributed by atoms with Crippen LogP contribution < -0.4 is 10.9 Å². The average Bonchev–Trinajstić information content (AvgIpc) is 3.17. The zero-order valence-electron chi connectivity index (χ0n) is 17.0. The van der Waals surface area contributed by atoms with E-state index in [1.807, 2.05) is 6.92 Å². The van der Waals surface area contributed by atoms with Gasteiger partial charge in [-0.2, -0.15) is 5.10 Å². The van der Waals surface area contributed by atoms with Crippen molar-refractivity contribution in [2.24, 2.45) is 0 Å². The maximum Gasteiger partial charge on any atom is 0.267 e. The van der Waals surface area contributed by atoms with Gasteiger partial charge in [-0.15, -0.1) is 11.3 Å². The third-order valence-corrected chi connectivity index (χ3v) is 7.00. The minimum atomic E-state index is -0.0388. The third-order valence-electron chi connectivity index (χ3n) is 6.07. The maximum absolute atomic E-state index is 12.4. The van der Waals surface area contributed by atoms with E-state index in [-0.39, 0.29) is 11.5 Å². The molecule has 1 saturated heterocycles. The van der Waals surface area contributed by atoms with Gasteiger partial charge in [-0.05, 0) is 57.6 Å². The lowest BCUT2D eigenvalue weighted by Gasteiger charge is -2.35. The molecule has 8 heteroatoms. The number of rotatable bonds is 6. The fourth-order valence-corrected chi connectivity index (χ4v) is 5.10. The van der Waals surface area contributed by atoms with Gasteiger partial charge in [0.25, 0.3) is 11.5 Å². The highest BCUT2D eigenvalue weighted by Crippen LogP contribution is 2.19. The summed E-state index contributed by atoms with van der Waals surface area (Å²) in [6.45, 7) is 4.88. The number of aromatic nitrogens is 3. The Morgan fingerprint density at radius 2 is 2.10 bits per heavy atom. The molecule has 1 aliphatic carbocycles. The van der Waals surface area contributed by atoms with E-state index in [9.17, 15) is 9.59 Å². The van der Waals surface area contributed by atoms with E-state index >= 15 is 0 Å². The lowest BCUT2D eigenvalue weighted by molar-refractivity contribution is 0.0912. The Bertz CT molecular complexity index is 922.